The lowest BCUT2D eigenvalue weighted by Crippen LogP contribution is -2.41. The molecule has 1 amide bonds. The van der Waals surface area contributed by atoms with Gasteiger partial charge in [-0.1, -0.05) is 42.5 Å². The number of ether oxygens (including phenoxy) is 1. The van der Waals surface area contributed by atoms with Crippen LogP contribution in [0.4, 0.5) is 0 Å². The molecule has 34 heavy (non-hydrogen) atoms. The van der Waals surface area contributed by atoms with Crippen molar-refractivity contribution < 1.29 is 29.0 Å². The minimum Gasteiger partial charge on any atom is -0.489 e. The highest BCUT2D eigenvalue weighted by atomic mass is 16.5. The molecule has 0 aliphatic heterocycles. The number of furan rings is 1. The summed E-state index contributed by atoms with van der Waals surface area (Å²) in [6, 6.07) is 18.2. The summed E-state index contributed by atoms with van der Waals surface area (Å²) in [5, 5.41) is 19.6. The molecule has 1 aliphatic rings. The van der Waals surface area contributed by atoms with E-state index >= 15 is 0 Å². The fourth-order valence-electron chi connectivity index (χ4n) is 3.64. The number of carboxylic acids is 1. The largest absolute Gasteiger partial charge is 0.489 e. The molecular weight excluding hydrogens is 434 g/mol. The van der Waals surface area contributed by atoms with Crippen LogP contribution in [0.3, 0.4) is 0 Å². The number of benzene rings is 2. The number of carbonyl (C=O) groups excluding carboxylic acids is 1. The van der Waals surface area contributed by atoms with Gasteiger partial charge in [0.2, 0.25) is 0 Å². The fourth-order valence-corrected chi connectivity index (χ4v) is 3.64. The Morgan fingerprint density at radius 1 is 1.03 bits per heavy atom. The number of amides is 1. The lowest BCUT2D eigenvalue weighted by atomic mass is 10.1. The van der Waals surface area contributed by atoms with Crippen LogP contribution < -0.4 is 4.74 Å². The van der Waals surface area contributed by atoms with E-state index in [0.29, 0.717) is 30.6 Å². The van der Waals surface area contributed by atoms with Crippen molar-refractivity contribution in [3.05, 3.63) is 90.2 Å². The van der Waals surface area contributed by atoms with Crippen LogP contribution in [0.25, 0.3) is 11.3 Å². The highest BCUT2D eigenvalue weighted by molar-refractivity contribution is 5.95. The number of hydrogen-bond acceptors (Lipinski definition) is 5. The molecule has 0 atom stereocenters. The van der Waals surface area contributed by atoms with Crippen molar-refractivity contribution in [1.82, 2.24) is 4.90 Å². The monoisotopic (exact) mass is 461 g/mol. The number of para-hydroxylation sites is 1. The number of aliphatic hydroxyl groups is 1. The standard InChI is InChI=1S/C27H27NO6/c29-25(30)10-2-1-5-17-33-24-8-4-3-7-22(24)19-28(27(32)15-16-27)26(31)21-13-11-20(12-14-21)23-9-6-18-34-23/h1,3-9,11-14,18,32H,2,10,15-17,19H2,(H,29,30)/b5-1-. The molecule has 0 radical (unpaired) electrons. The predicted octanol–water partition coefficient (Wildman–Crippen LogP) is 4.87. The average Bonchev–Trinajstić information content (AvgIpc) is 3.35. The van der Waals surface area contributed by atoms with Crippen LogP contribution in [0.5, 0.6) is 5.75 Å². The maximum absolute atomic E-state index is 13.4. The van der Waals surface area contributed by atoms with E-state index in [1.54, 1.807) is 30.5 Å². The van der Waals surface area contributed by atoms with Crippen LogP contribution >= 0.6 is 0 Å². The van der Waals surface area contributed by atoms with E-state index in [-0.39, 0.29) is 25.5 Å². The van der Waals surface area contributed by atoms with Gasteiger partial charge in [0.25, 0.3) is 5.91 Å². The quantitative estimate of drug-likeness (QED) is 0.312. The van der Waals surface area contributed by atoms with Gasteiger partial charge in [-0.15, -0.1) is 0 Å². The predicted molar refractivity (Wildman–Crippen MR) is 126 cm³/mol. The number of hydrogen-bond donors (Lipinski definition) is 2. The van der Waals surface area contributed by atoms with Crippen molar-refractivity contribution in [2.45, 2.75) is 38.0 Å². The maximum Gasteiger partial charge on any atom is 0.303 e. The molecule has 2 N–H and O–H groups in total. The zero-order valence-corrected chi connectivity index (χ0v) is 18.7. The molecule has 3 aromatic rings. The Morgan fingerprint density at radius 2 is 1.79 bits per heavy atom. The third kappa shape index (κ3) is 5.74. The Balaban J connectivity index is 1.46. The van der Waals surface area contributed by atoms with Crippen LogP contribution in [0.2, 0.25) is 0 Å². The van der Waals surface area contributed by atoms with Crippen LogP contribution in [0, 0.1) is 0 Å². The topological polar surface area (TPSA) is 100 Å². The first-order valence-electron chi connectivity index (χ1n) is 11.2. The van der Waals surface area contributed by atoms with Gasteiger partial charge in [0.15, 0.2) is 0 Å². The highest BCUT2D eigenvalue weighted by Gasteiger charge is 2.49. The second kappa shape index (κ2) is 10.4. The zero-order chi connectivity index (χ0) is 24.0. The lowest BCUT2D eigenvalue weighted by molar-refractivity contribution is -0.136. The number of aliphatic carboxylic acids is 1. The van der Waals surface area contributed by atoms with Crippen molar-refractivity contribution in [3.63, 3.8) is 0 Å². The number of carboxylic acid groups (broad SMARTS) is 1. The number of carbonyl (C=O) groups is 2. The molecule has 0 bridgehead atoms. The summed E-state index contributed by atoms with van der Waals surface area (Å²) in [5.74, 6) is 0.240. The van der Waals surface area contributed by atoms with E-state index < -0.39 is 11.7 Å². The molecule has 4 rings (SSSR count). The summed E-state index contributed by atoms with van der Waals surface area (Å²) in [7, 11) is 0. The summed E-state index contributed by atoms with van der Waals surface area (Å²) in [6.45, 7) is 0.483. The van der Waals surface area contributed by atoms with Gasteiger partial charge in [-0.05, 0) is 49.6 Å². The first kappa shape index (κ1) is 23.3. The second-order valence-electron chi connectivity index (χ2n) is 8.25. The molecule has 7 heteroatoms. The van der Waals surface area contributed by atoms with Gasteiger partial charge in [0, 0.05) is 23.1 Å². The van der Waals surface area contributed by atoms with Crippen molar-refractivity contribution in [1.29, 1.82) is 0 Å². The van der Waals surface area contributed by atoms with E-state index in [4.69, 9.17) is 14.3 Å². The second-order valence-corrected chi connectivity index (χ2v) is 8.25. The first-order chi connectivity index (χ1) is 16.5. The van der Waals surface area contributed by atoms with Gasteiger partial charge in [0.1, 0.15) is 23.8 Å². The van der Waals surface area contributed by atoms with Gasteiger partial charge < -0.3 is 24.3 Å². The van der Waals surface area contributed by atoms with Crippen LogP contribution in [-0.2, 0) is 11.3 Å². The first-order valence-corrected chi connectivity index (χ1v) is 11.2. The zero-order valence-electron chi connectivity index (χ0n) is 18.7. The Labute approximate surface area is 197 Å². The minimum atomic E-state index is -1.17. The molecule has 2 aromatic carbocycles. The van der Waals surface area contributed by atoms with Gasteiger partial charge in [-0.25, -0.2) is 0 Å². The molecule has 0 unspecified atom stereocenters. The molecule has 176 valence electrons. The van der Waals surface area contributed by atoms with Crippen molar-refractivity contribution in [3.8, 4) is 17.1 Å². The molecule has 0 saturated heterocycles. The molecule has 7 nitrogen and oxygen atoms in total. The van der Waals surface area contributed by atoms with Crippen molar-refractivity contribution >= 4 is 11.9 Å². The van der Waals surface area contributed by atoms with E-state index in [2.05, 4.69) is 0 Å². The van der Waals surface area contributed by atoms with Crippen molar-refractivity contribution in [2.75, 3.05) is 6.61 Å². The SMILES string of the molecule is O=C(O)CC/C=C\COc1ccccc1CN(C(=O)c1ccc(-c2ccco2)cc1)C1(O)CC1. The summed E-state index contributed by atoms with van der Waals surface area (Å²) >= 11 is 0. The Bertz CT molecular complexity index is 1150. The van der Waals surface area contributed by atoms with Crippen LogP contribution in [0.1, 0.15) is 41.6 Å². The van der Waals surface area contributed by atoms with Crippen LogP contribution in [-0.4, -0.2) is 39.3 Å². The number of allylic oxidation sites excluding steroid dienone is 1. The van der Waals surface area contributed by atoms with E-state index in [9.17, 15) is 14.7 Å². The normalized spacial score (nSPS) is 14.1. The van der Waals surface area contributed by atoms with Gasteiger partial charge in [-0.3, -0.25) is 9.59 Å². The molecule has 1 aromatic heterocycles. The van der Waals surface area contributed by atoms with E-state index in [1.165, 1.54) is 4.90 Å². The summed E-state index contributed by atoms with van der Waals surface area (Å²) in [6.07, 6.45) is 6.71. The Hall–Kier alpha value is -3.84. The minimum absolute atomic E-state index is 0.0746. The smallest absolute Gasteiger partial charge is 0.303 e. The molecule has 1 heterocycles. The third-order valence-corrected chi connectivity index (χ3v) is 5.71. The van der Waals surface area contributed by atoms with Crippen LogP contribution in [0.15, 0.2) is 83.5 Å². The Morgan fingerprint density at radius 3 is 2.47 bits per heavy atom. The number of nitrogens with zero attached hydrogens (tertiary/aromatic N) is 1. The molecular formula is C27H27NO6. The summed E-state index contributed by atoms with van der Waals surface area (Å²) in [5.41, 5.74) is 0.965. The van der Waals surface area contributed by atoms with E-state index in [0.717, 1.165) is 16.9 Å². The molecule has 1 saturated carbocycles. The highest BCUT2D eigenvalue weighted by Crippen LogP contribution is 2.41. The summed E-state index contributed by atoms with van der Waals surface area (Å²) < 4.78 is 11.3. The summed E-state index contributed by atoms with van der Waals surface area (Å²) in [4.78, 5) is 25.5. The maximum atomic E-state index is 13.4. The van der Waals surface area contributed by atoms with Crippen molar-refractivity contribution in [2.24, 2.45) is 0 Å². The lowest BCUT2D eigenvalue weighted by Gasteiger charge is -2.29. The third-order valence-electron chi connectivity index (χ3n) is 5.71. The van der Waals surface area contributed by atoms with Gasteiger partial charge in [0.05, 0.1) is 12.8 Å². The van der Waals surface area contributed by atoms with Gasteiger partial charge in [-0.2, -0.15) is 0 Å². The fraction of sp³-hybridized carbons (Fsp3) is 0.259. The van der Waals surface area contributed by atoms with Gasteiger partial charge >= 0.3 is 5.97 Å². The number of rotatable bonds is 11. The molecule has 1 aliphatic carbocycles. The Kier molecular flexibility index (Phi) is 7.13. The molecule has 0 spiro atoms. The average molecular weight is 462 g/mol. The van der Waals surface area contributed by atoms with E-state index in [1.807, 2.05) is 48.5 Å². The molecule has 1 fully saturated rings.